The van der Waals surface area contributed by atoms with Crippen LogP contribution in [0.2, 0.25) is 0 Å². The Labute approximate surface area is 166 Å². The Morgan fingerprint density at radius 2 is 1.64 bits per heavy atom. The number of morpholine rings is 1. The number of nitrogens with one attached hydrogen (secondary N) is 1. The maximum atomic E-state index is 10.8. The molecule has 150 valence electrons. The highest BCUT2D eigenvalue weighted by Gasteiger charge is 2.32. The third-order valence-electron chi connectivity index (χ3n) is 5.73. The normalized spacial score (nSPS) is 17.5. The van der Waals surface area contributed by atoms with Gasteiger partial charge < -0.3 is 29.1 Å². The Bertz CT molecular complexity index is 799. The Morgan fingerprint density at radius 3 is 2.29 bits per heavy atom. The molecule has 0 saturated carbocycles. The van der Waals surface area contributed by atoms with Crippen molar-refractivity contribution in [2.45, 2.75) is 19.9 Å². The summed E-state index contributed by atoms with van der Waals surface area (Å²) in [5.41, 5.74) is 3.28. The van der Waals surface area contributed by atoms with Crippen LogP contribution in [-0.4, -0.2) is 51.3 Å². The topological polar surface area (TPSA) is 55.6 Å². The first-order valence-corrected chi connectivity index (χ1v) is 10.1. The maximum absolute atomic E-state index is 10.8. The smallest absolute Gasteiger partial charge is 0.231 e. The van der Waals surface area contributed by atoms with Gasteiger partial charge >= 0.3 is 0 Å². The van der Waals surface area contributed by atoms with Gasteiger partial charge in [0, 0.05) is 30.4 Å². The first-order chi connectivity index (χ1) is 13.7. The van der Waals surface area contributed by atoms with Gasteiger partial charge in [0.25, 0.3) is 0 Å². The maximum Gasteiger partial charge on any atom is 0.231 e. The van der Waals surface area contributed by atoms with Crippen LogP contribution in [0.5, 0.6) is 17.2 Å². The van der Waals surface area contributed by atoms with Gasteiger partial charge in [0.1, 0.15) is 24.9 Å². The first kappa shape index (κ1) is 18.9. The Hall–Kier alpha value is -2.44. The molecule has 0 amide bonds. The molecule has 1 atom stereocenters. The second kappa shape index (κ2) is 8.29. The molecule has 6 nitrogen and oxygen atoms in total. The molecule has 0 unspecified atom stereocenters. The number of quaternary nitrogens is 1. The van der Waals surface area contributed by atoms with Crippen molar-refractivity contribution in [3.63, 3.8) is 0 Å². The standard InChI is InChI=1S/C22H28N2O4/c1-3-23(4-2)17-7-5-16(6-8-17)22(24-9-11-26-12-10-24)18-13-20-21(14-19(18)25)28-15-27-20/h5-8,13-14,22,25H,3-4,9-12,15H2,1-2H3/p+1/t22-/m0/s1. The summed E-state index contributed by atoms with van der Waals surface area (Å²) in [5.74, 6) is 1.56. The number of phenols is 1. The predicted molar refractivity (Wildman–Crippen MR) is 108 cm³/mol. The summed E-state index contributed by atoms with van der Waals surface area (Å²) in [4.78, 5) is 3.72. The van der Waals surface area contributed by atoms with E-state index in [1.54, 1.807) is 6.07 Å². The highest BCUT2D eigenvalue weighted by atomic mass is 16.7. The highest BCUT2D eigenvalue weighted by Crippen LogP contribution is 2.40. The summed E-state index contributed by atoms with van der Waals surface area (Å²) in [6.45, 7) is 9.77. The molecule has 2 aromatic carbocycles. The fourth-order valence-corrected chi connectivity index (χ4v) is 4.20. The van der Waals surface area contributed by atoms with Gasteiger partial charge in [0.05, 0.1) is 18.8 Å². The van der Waals surface area contributed by atoms with Crippen molar-refractivity contribution < 1.29 is 24.2 Å². The van der Waals surface area contributed by atoms with E-state index in [9.17, 15) is 5.11 Å². The molecule has 28 heavy (non-hydrogen) atoms. The van der Waals surface area contributed by atoms with Gasteiger partial charge in [0.2, 0.25) is 6.79 Å². The van der Waals surface area contributed by atoms with E-state index in [0.29, 0.717) is 11.5 Å². The number of phenolic OH excluding ortho intramolecular Hbond substituents is 1. The summed E-state index contributed by atoms with van der Waals surface area (Å²) in [5, 5.41) is 10.8. The SMILES string of the molecule is CCN(CC)c1ccc([C@@H](c2cc3c(cc2O)OCO3)[NH+]2CCOCC2)cc1. The quantitative estimate of drug-likeness (QED) is 0.796. The molecule has 0 aliphatic carbocycles. The van der Waals surface area contributed by atoms with Gasteiger partial charge in [0.15, 0.2) is 11.5 Å². The van der Waals surface area contributed by atoms with Crippen LogP contribution < -0.4 is 19.3 Å². The number of ether oxygens (including phenoxy) is 3. The van der Waals surface area contributed by atoms with Crippen molar-refractivity contribution in [2.24, 2.45) is 0 Å². The van der Waals surface area contributed by atoms with Crippen molar-refractivity contribution in [3.05, 3.63) is 47.5 Å². The van der Waals surface area contributed by atoms with Crippen molar-refractivity contribution in [3.8, 4) is 17.2 Å². The summed E-state index contributed by atoms with van der Waals surface area (Å²) in [6.07, 6.45) is 0. The summed E-state index contributed by atoms with van der Waals surface area (Å²) >= 11 is 0. The third kappa shape index (κ3) is 3.62. The summed E-state index contributed by atoms with van der Waals surface area (Å²) < 4.78 is 16.6. The summed E-state index contributed by atoms with van der Waals surface area (Å²) in [6, 6.07) is 12.4. The van der Waals surface area contributed by atoms with E-state index in [2.05, 4.69) is 43.0 Å². The average Bonchev–Trinajstić information content (AvgIpc) is 3.18. The largest absolute Gasteiger partial charge is 0.507 e. The number of benzene rings is 2. The van der Waals surface area contributed by atoms with E-state index < -0.39 is 0 Å². The molecule has 1 fully saturated rings. The molecule has 0 spiro atoms. The van der Waals surface area contributed by atoms with E-state index in [1.165, 1.54) is 16.2 Å². The Balaban J connectivity index is 1.72. The number of fused-ring (bicyclic) bond motifs is 1. The molecular weight excluding hydrogens is 356 g/mol. The predicted octanol–water partition coefficient (Wildman–Crippen LogP) is 1.97. The van der Waals surface area contributed by atoms with Crippen molar-refractivity contribution >= 4 is 5.69 Å². The zero-order valence-corrected chi connectivity index (χ0v) is 16.6. The molecule has 2 N–H and O–H groups in total. The number of hydrogen-bond acceptors (Lipinski definition) is 5. The van der Waals surface area contributed by atoms with Crippen LogP contribution in [0.3, 0.4) is 0 Å². The van der Waals surface area contributed by atoms with Crippen LogP contribution in [0.4, 0.5) is 5.69 Å². The van der Waals surface area contributed by atoms with E-state index in [-0.39, 0.29) is 18.6 Å². The fourth-order valence-electron chi connectivity index (χ4n) is 4.20. The van der Waals surface area contributed by atoms with Crippen LogP contribution in [0.1, 0.15) is 31.0 Å². The second-order valence-electron chi connectivity index (χ2n) is 7.23. The molecule has 0 radical (unpaired) electrons. The zero-order valence-electron chi connectivity index (χ0n) is 16.6. The molecular formula is C22H29N2O4+. The number of anilines is 1. The second-order valence-corrected chi connectivity index (χ2v) is 7.23. The van der Waals surface area contributed by atoms with Crippen molar-refractivity contribution in [1.82, 2.24) is 0 Å². The molecule has 0 bridgehead atoms. The average molecular weight is 385 g/mol. The molecule has 2 heterocycles. The minimum Gasteiger partial charge on any atom is -0.507 e. The van der Waals surface area contributed by atoms with Gasteiger partial charge in [-0.1, -0.05) is 12.1 Å². The van der Waals surface area contributed by atoms with Gasteiger partial charge in [-0.05, 0) is 32.0 Å². The molecule has 0 aromatic heterocycles. The van der Waals surface area contributed by atoms with Crippen LogP contribution in [-0.2, 0) is 4.74 Å². The van der Waals surface area contributed by atoms with E-state index in [0.717, 1.165) is 45.0 Å². The number of hydrogen-bond donors (Lipinski definition) is 2. The minimum atomic E-state index is 0.0177. The molecule has 2 aromatic rings. The molecule has 1 saturated heterocycles. The number of rotatable bonds is 6. The number of nitrogens with zero attached hydrogens (tertiary/aromatic N) is 1. The van der Waals surface area contributed by atoms with Crippen LogP contribution >= 0.6 is 0 Å². The van der Waals surface area contributed by atoms with Gasteiger partial charge in [-0.3, -0.25) is 0 Å². The lowest BCUT2D eigenvalue weighted by molar-refractivity contribution is -0.933. The lowest BCUT2D eigenvalue weighted by atomic mass is 9.95. The van der Waals surface area contributed by atoms with E-state index in [1.807, 2.05) is 6.07 Å². The molecule has 2 aliphatic heterocycles. The van der Waals surface area contributed by atoms with E-state index in [4.69, 9.17) is 14.2 Å². The minimum absolute atomic E-state index is 0.0177. The van der Waals surface area contributed by atoms with Crippen molar-refractivity contribution in [2.75, 3.05) is 51.1 Å². The molecule has 2 aliphatic rings. The highest BCUT2D eigenvalue weighted by molar-refractivity contribution is 5.54. The first-order valence-electron chi connectivity index (χ1n) is 10.1. The molecule has 6 heteroatoms. The van der Waals surface area contributed by atoms with Gasteiger partial charge in [-0.15, -0.1) is 0 Å². The van der Waals surface area contributed by atoms with Crippen LogP contribution in [0, 0.1) is 0 Å². The Morgan fingerprint density at radius 1 is 1.00 bits per heavy atom. The lowest BCUT2D eigenvalue weighted by Crippen LogP contribution is -3.14. The number of aromatic hydroxyl groups is 1. The monoisotopic (exact) mass is 385 g/mol. The Kier molecular flexibility index (Phi) is 5.59. The van der Waals surface area contributed by atoms with Crippen molar-refractivity contribution in [1.29, 1.82) is 0 Å². The van der Waals surface area contributed by atoms with Crippen LogP contribution in [0.15, 0.2) is 36.4 Å². The fraction of sp³-hybridized carbons (Fsp3) is 0.455. The van der Waals surface area contributed by atoms with Crippen LogP contribution in [0.25, 0.3) is 0 Å². The third-order valence-corrected chi connectivity index (χ3v) is 5.73. The van der Waals surface area contributed by atoms with E-state index >= 15 is 0 Å². The zero-order chi connectivity index (χ0) is 19.5. The van der Waals surface area contributed by atoms with Gasteiger partial charge in [-0.25, -0.2) is 0 Å². The summed E-state index contributed by atoms with van der Waals surface area (Å²) in [7, 11) is 0. The van der Waals surface area contributed by atoms with Gasteiger partial charge in [-0.2, -0.15) is 0 Å². The molecule has 4 rings (SSSR count). The lowest BCUT2D eigenvalue weighted by Gasteiger charge is -2.32.